The zero-order valence-corrected chi connectivity index (χ0v) is 13.8. The van der Waals surface area contributed by atoms with Gasteiger partial charge in [-0.1, -0.05) is 0 Å². The summed E-state index contributed by atoms with van der Waals surface area (Å²) in [5, 5.41) is 7.78. The van der Waals surface area contributed by atoms with Gasteiger partial charge in [0.1, 0.15) is 5.60 Å². The first-order chi connectivity index (χ1) is 10.2. The van der Waals surface area contributed by atoms with Gasteiger partial charge >= 0.3 is 6.09 Å². The molecule has 0 saturated heterocycles. The van der Waals surface area contributed by atoms with Crippen molar-refractivity contribution >= 4 is 17.9 Å². The lowest BCUT2D eigenvalue weighted by atomic mass is 10.2. The largest absolute Gasteiger partial charge is 0.444 e. The average molecular weight is 317 g/mol. The fraction of sp³-hybridized carbons (Fsp3) is 0.786. The van der Waals surface area contributed by atoms with Crippen molar-refractivity contribution in [2.24, 2.45) is 0 Å². The predicted molar refractivity (Wildman–Crippen MR) is 81.4 cm³/mol. The zero-order valence-electron chi connectivity index (χ0n) is 13.8. The summed E-state index contributed by atoms with van der Waals surface area (Å²) in [7, 11) is 1.53. The van der Waals surface area contributed by atoms with Gasteiger partial charge in [-0.3, -0.25) is 9.59 Å². The molecule has 3 N–H and O–H groups in total. The minimum atomic E-state index is -0.562. The van der Waals surface area contributed by atoms with E-state index in [9.17, 15) is 14.4 Å². The molecule has 8 heteroatoms. The number of rotatable bonds is 9. The smallest absolute Gasteiger partial charge is 0.407 e. The van der Waals surface area contributed by atoms with Crippen molar-refractivity contribution in [3.05, 3.63) is 0 Å². The van der Waals surface area contributed by atoms with Crippen molar-refractivity contribution in [1.82, 2.24) is 16.0 Å². The summed E-state index contributed by atoms with van der Waals surface area (Å²) >= 11 is 0. The topological polar surface area (TPSA) is 106 Å². The van der Waals surface area contributed by atoms with Crippen molar-refractivity contribution in [2.75, 3.05) is 33.4 Å². The van der Waals surface area contributed by atoms with Crippen LogP contribution in [-0.4, -0.2) is 56.9 Å². The Morgan fingerprint density at radius 1 is 0.864 bits per heavy atom. The van der Waals surface area contributed by atoms with Gasteiger partial charge in [0, 0.05) is 39.6 Å². The minimum absolute atomic E-state index is 0.123. The van der Waals surface area contributed by atoms with Crippen molar-refractivity contribution in [3.8, 4) is 0 Å². The van der Waals surface area contributed by atoms with E-state index in [1.807, 2.05) is 0 Å². The highest BCUT2D eigenvalue weighted by molar-refractivity contribution is 5.77. The number of carbonyl (C=O) groups excluding carboxylic acids is 3. The Morgan fingerprint density at radius 3 is 1.91 bits per heavy atom. The van der Waals surface area contributed by atoms with Crippen LogP contribution in [0.5, 0.6) is 0 Å². The van der Waals surface area contributed by atoms with Crippen molar-refractivity contribution < 1.29 is 23.9 Å². The first-order valence-corrected chi connectivity index (χ1v) is 7.24. The lowest BCUT2D eigenvalue weighted by Crippen LogP contribution is -2.37. The fourth-order valence-electron chi connectivity index (χ4n) is 1.37. The molecule has 0 aromatic heterocycles. The van der Waals surface area contributed by atoms with Crippen LogP contribution in [0.15, 0.2) is 0 Å². The van der Waals surface area contributed by atoms with Gasteiger partial charge in [-0.05, 0) is 20.8 Å². The molecule has 0 fully saturated rings. The van der Waals surface area contributed by atoms with E-state index in [1.165, 1.54) is 7.11 Å². The van der Waals surface area contributed by atoms with Gasteiger partial charge in [0.05, 0.1) is 6.61 Å². The fourth-order valence-corrected chi connectivity index (χ4v) is 1.37. The minimum Gasteiger partial charge on any atom is -0.444 e. The Hall–Kier alpha value is -1.83. The second-order valence-electron chi connectivity index (χ2n) is 5.62. The lowest BCUT2D eigenvalue weighted by molar-refractivity contribution is -0.123. The number of carbonyl (C=O) groups is 3. The third-order valence-electron chi connectivity index (χ3n) is 2.32. The van der Waals surface area contributed by atoms with E-state index in [1.54, 1.807) is 20.8 Å². The molecule has 0 aromatic carbocycles. The Morgan fingerprint density at radius 2 is 1.41 bits per heavy atom. The van der Waals surface area contributed by atoms with E-state index < -0.39 is 11.7 Å². The SMILES string of the molecule is COCCC(=O)NCCNC(=O)CCNC(=O)OC(C)(C)C. The van der Waals surface area contributed by atoms with Gasteiger partial charge in [0.15, 0.2) is 0 Å². The maximum atomic E-state index is 11.5. The van der Waals surface area contributed by atoms with Crippen LogP contribution in [0.1, 0.15) is 33.6 Å². The monoisotopic (exact) mass is 317 g/mol. The van der Waals surface area contributed by atoms with E-state index in [0.717, 1.165) is 0 Å². The van der Waals surface area contributed by atoms with Crippen molar-refractivity contribution in [2.45, 2.75) is 39.2 Å². The van der Waals surface area contributed by atoms with Gasteiger partial charge in [-0.25, -0.2) is 4.79 Å². The van der Waals surface area contributed by atoms with Crippen LogP contribution in [0.4, 0.5) is 4.79 Å². The number of ether oxygens (including phenoxy) is 2. The van der Waals surface area contributed by atoms with E-state index in [0.29, 0.717) is 26.1 Å². The molecule has 0 aliphatic carbocycles. The zero-order chi connectivity index (χ0) is 17.0. The maximum Gasteiger partial charge on any atom is 0.407 e. The van der Waals surface area contributed by atoms with E-state index in [4.69, 9.17) is 9.47 Å². The third-order valence-corrected chi connectivity index (χ3v) is 2.32. The first kappa shape index (κ1) is 20.2. The van der Waals surface area contributed by atoms with E-state index in [-0.39, 0.29) is 24.8 Å². The van der Waals surface area contributed by atoms with Crippen LogP contribution in [0.2, 0.25) is 0 Å². The molecule has 0 bridgehead atoms. The van der Waals surface area contributed by atoms with Crippen LogP contribution in [0.3, 0.4) is 0 Å². The van der Waals surface area contributed by atoms with Gasteiger partial charge in [-0.15, -0.1) is 0 Å². The predicted octanol–water partition coefficient (Wildman–Crippen LogP) is 0.170. The molecule has 0 radical (unpaired) electrons. The summed E-state index contributed by atoms with van der Waals surface area (Å²) in [5.74, 6) is -0.329. The Kier molecular flexibility index (Phi) is 9.93. The molecule has 0 atom stereocenters. The number of hydrogen-bond acceptors (Lipinski definition) is 5. The summed E-state index contributed by atoms with van der Waals surface area (Å²) in [5.41, 5.74) is -0.562. The summed E-state index contributed by atoms with van der Waals surface area (Å²) in [4.78, 5) is 34.1. The average Bonchev–Trinajstić information content (AvgIpc) is 2.39. The Bertz CT molecular complexity index is 366. The molecular weight excluding hydrogens is 290 g/mol. The van der Waals surface area contributed by atoms with Crippen LogP contribution in [0.25, 0.3) is 0 Å². The molecule has 8 nitrogen and oxygen atoms in total. The van der Waals surface area contributed by atoms with Crippen LogP contribution < -0.4 is 16.0 Å². The van der Waals surface area contributed by atoms with Gasteiger partial charge < -0.3 is 25.4 Å². The van der Waals surface area contributed by atoms with E-state index >= 15 is 0 Å². The third kappa shape index (κ3) is 13.2. The highest BCUT2D eigenvalue weighted by atomic mass is 16.6. The molecule has 0 aliphatic rings. The summed E-state index contributed by atoms with van der Waals surface area (Å²) in [6, 6.07) is 0. The van der Waals surface area contributed by atoms with Crippen LogP contribution in [0, 0.1) is 0 Å². The lowest BCUT2D eigenvalue weighted by Gasteiger charge is -2.19. The molecule has 0 spiro atoms. The normalized spacial score (nSPS) is 10.7. The number of hydrogen-bond donors (Lipinski definition) is 3. The molecule has 0 aliphatic heterocycles. The standard InChI is InChI=1S/C14H27N3O5/c1-14(2,3)22-13(20)17-7-5-11(18)15-8-9-16-12(19)6-10-21-4/h5-10H2,1-4H3,(H,15,18)(H,16,19)(H,17,20). The molecule has 22 heavy (non-hydrogen) atoms. The summed E-state index contributed by atoms with van der Waals surface area (Å²) in [6.45, 7) is 6.55. The van der Waals surface area contributed by atoms with E-state index in [2.05, 4.69) is 16.0 Å². The Labute approximate surface area is 131 Å². The second-order valence-corrected chi connectivity index (χ2v) is 5.62. The second kappa shape index (κ2) is 10.8. The first-order valence-electron chi connectivity index (χ1n) is 7.24. The maximum absolute atomic E-state index is 11.5. The number of nitrogens with one attached hydrogen (secondary N) is 3. The van der Waals surface area contributed by atoms with Crippen molar-refractivity contribution in [1.29, 1.82) is 0 Å². The van der Waals surface area contributed by atoms with Crippen LogP contribution >= 0.6 is 0 Å². The van der Waals surface area contributed by atoms with Gasteiger partial charge in [-0.2, -0.15) is 0 Å². The number of methoxy groups -OCH3 is 1. The van der Waals surface area contributed by atoms with Gasteiger partial charge in [0.2, 0.25) is 11.8 Å². The van der Waals surface area contributed by atoms with Crippen LogP contribution in [-0.2, 0) is 19.1 Å². The number of alkyl carbamates (subject to hydrolysis) is 1. The molecular formula is C14H27N3O5. The highest BCUT2D eigenvalue weighted by Crippen LogP contribution is 2.06. The van der Waals surface area contributed by atoms with Crippen molar-refractivity contribution in [3.63, 3.8) is 0 Å². The molecule has 3 amide bonds. The molecule has 0 rings (SSSR count). The molecule has 0 unspecified atom stereocenters. The van der Waals surface area contributed by atoms with Gasteiger partial charge in [0.25, 0.3) is 0 Å². The Balaban J connectivity index is 3.58. The molecule has 0 aromatic rings. The molecule has 128 valence electrons. The summed E-state index contributed by atoms with van der Waals surface area (Å²) in [6.07, 6.45) is -0.105. The summed E-state index contributed by atoms with van der Waals surface area (Å²) < 4.78 is 9.81. The number of amides is 3. The molecule has 0 heterocycles. The highest BCUT2D eigenvalue weighted by Gasteiger charge is 2.15. The quantitative estimate of drug-likeness (QED) is 0.526. The molecule has 0 saturated carbocycles.